The molecule has 7 heteroatoms. The van der Waals surface area contributed by atoms with E-state index in [0.717, 1.165) is 15.7 Å². The second-order valence-corrected chi connectivity index (χ2v) is 7.40. The number of carbonyl (C=O) groups is 2. The summed E-state index contributed by atoms with van der Waals surface area (Å²) < 4.78 is 1.50. The molecular weight excluding hydrogens is 388 g/mol. The molecule has 0 atom stereocenters. The van der Waals surface area contributed by atoms with E-state index in [1.165, 1.54) is 16.2 Å². The van der Waals surface area contributed by atoms with E-state index < -0.39 is 0 Å². The number of nitrogens with zero attached hydrogens (tertiary/aromatic N) is 1. The standard InChI is InChI=1S/C15H14BrClN2O2S/c1-9-7-10(16)3-4-11(9)18-14(20)8-19(2)15(21)12-5-6-13(17)22-12/h3-7H,8H2,1-2H3,(H,18,20). The maximum absolute atomic E-state index is 12.1. The average molecular weight is 402 g/mol. The van der Waals surface area contributed by atoms with Crippen LogP contribution in [0.15, 0.2) is 34.8 Å². The molecule has 22 heavy (non-hydrogen) atoms. The molecule has 0 bridgehead atoms. The number of nitrogens with one attached hydrogen (secondary N) is 1. The van der Waals surface area contributed by atoms with Crippen LogP contribution in [-0.4, -0.2) is 30.3 Å². The minimum Gasteiger partial charge on any atom is -0.332 e. The van der Waals surface area contributed by atoms with Gasteiger partial charge in [-0.05, 0) is 42.8 Å². The smallest absolute Gasteiger partial charge is 0.264 e. The van der Waals surface area contributed by atoms with Gasteiger partial charge < -0.3 is 10.2 Å². The van der Waals surface area contributed by atoms with E-state index in [1.807, 2.05) is 25.1 Å². The number of anilines is 1. The van der Waals surface area contributed by atoms with E-state index in [4.69, 9.17) is 11.6 Å². The highest BCUT2D eigenvalue weighted by atomic mass is 79.9. The summed E-state index contributed by atoms with van der Waals surface area (Å²) in [6.45, 7) is 1.88. The van der Waals surface area contributed by atoms with Gasteiger partial charge in [0, 0.05) is 17.2 Å². The van der Waals surface area contributed by atoms with Crippen molar-refractivity contribution in [3.63, 3.8) is 0 Å². The summed E-state index contributed by atoms with van der Waals surface area (Å²) in [5, 5.41) is 2.80. The van der Waals surface area contributed by atoms with Crippen molar-refractivity contribution in [2.24, 2.45) is 0 Å². The van der Waals surface area contributed by atoms with Gasteiger partial charge in [-0.15, -0.1) is 11.3 Å². The third-order valence-electron chi connectivity index (χ3n) is 2.97. The molecule has 2 rings (SSSR count). The van der Waals surface area contributed by atoms with E-state index in [1.54, 1.807) is 19.2 Å². The van der Waals surface area contributed by atoms with Gasteiger partial charge in [-0.3, -0.25) is 9.59 Å². The molecular formula is C15H14BrClN2O2S. The summed E-state index contributed by atoms with van der Waals surface area (Å²) in [4.78, 5) is 26.1. The van der Waals surface area contributed by atoms with E-state index in [9.17, 15) is 9.59 Å². The highest BCUT2D eigenvalue weighted by Crippen LogP contribution is 2.23. The van der Waals surface area contributed by atoms with Gasteiger partial charge in [0.05, 0.1) is 15.8 Å². The number of benzene rings is 1. The topological polar surface area (TPSA) is 49.4 Å². The lowest BCUT2D eigenvalue weighted by Crippen LogP contribution is -2.34. The first-order valence-electron chi connectivity index (χ1n) is 6.43. The SMILES string of the molecule is Cc1cc(Br)ccc1NC(=O)CN(C)C(=O)c1ccc(Cl)s1. The number of halogens is 2. The minimum atomic E-state index is -0.246. The molecule has 4 nitrogen and oxygen atoms in total. The molecule has 0 saturated heterocycles. The molecule has 2 amide bonds. The Bertz CT molecular complexity index is 717. The molecule has 1 heterocycles. The van der Waals surface area contributed by atoms with Crippen LogP contribution in [-0.2, 0) is 4.79 Å². The van der Waals surface area contributed by atoms with Crippen LogP contribution < -0.4 is 5.32 Å². The molecule has 0 aliphatic rings. The van der Waals surface area contributed by atoms with Gasteiger partial charge in [0.2, 0.25) is 5.91 Å². The fourth-order valence-electron chi connectivity index (χ4n) is 1.86. The summed E-state index contributed by atoms with van der Waals surface area (Å²) in [6, 6.07) is 8.91. The van der Waals surface area contributed by atoms with Gasteiger partial charge in [0.1, 0.15) is 0 Å². The molecule has 0 radical (unpaired) electrons. The van der Waals surface area contributed by atoms with Crippen molar-refractivity contribution in [3.05, 3.63) is 49.6 Å². The number of hydrogen-bond donors (Lipinski definition) is 1. The van der Waals surface area contributed by atoms with Crippen molar-refractivity contribution in [2.45, 2.75) is 6.92 Å². The third-order valence-corrected chi connectivity index (χ3v) is 4.69. The van der Waals surface area contributed by atoms with Gasteiger partial charge in [-0.1, -0.05) is 27.5 Å². The number of amides is 2. The Kier molecular flexibility index (Phi) is 5.61. The number of thiophene rings is 1. The van der Waals surface area contributed by atoms with Gasteiger partial charge >= 0.3 is 0 Å². The monoisotopic (exact) mass is 400 g/mol. The number of hydrogen-bond acceptors (Lipinski definition) is 3. The lowest BCUT2D eigenvalue weighted by molar-refractivity contribution is -0.116. The predicted octanol–water partition coefficient (Wildman–Crippen LogP) is 4.18. The molecule has 0 spiro atoms. The zero-order valence-electron chi connectivity index (χ0n) is 12.0. The van der Waals surface area contributed by atoms with Crippen molar-refractivity contribution in [1.29, 1.82) is 0 Å². The van der Waals surface area contributed by atoms with Crippen LogP contribution in [0.5, 0.6) is 0 Å². The molecule has 0 fully saturated rings. The van der Waals surface area contributed by atoms with Crippen LogP contribution in [0.2, 0.25) is 4.34 Å². The molecule has 1 aromatic heterocycles. The first-order chi connectivity index (χ1) is 10.4. The van der Waals surface area contributed by atoms with E-state index >= 15 is 0 Å². The minimum absolute atomic E-state index is 0.0240. The maximum Gasteiger partial charge on any atom is 0.264 e. The fourth-order valence-corrected chi connectivity index (χ4v) is 3.37. The van der Waals surface area contributed by atoms with Crippen molar-refractivity contribution < 1.29 is 9.59 Å². The number of carbonyl (C=O) groups excluding carboxylic acids is 2. The molecule has 0 aliphatic heterocycles. The second-order valence-electron chi connectivity index (χ2n) is 4.77. The number of rotatable bonds is 4. The Hall–Kier alpha value is -1.37. The van der Waals surface area contributed by atoms with Crippen LogP contribution in [0, 0.1) is 6.92 Å². The highest BCUT2D eigenvalue weighted by molar-refractivity contribution is 9.10. The van der Waals surface area contributed by atoms with Gasteiger partial charge in [-0.2, -0.15) is 0 Å². The summed E-state index contributed by atoms with van der Waals surface area (Å²) in [7, 11) is 1.59. The Morgan fingerprint density at radius 3 is 2.64 bits per heavy atom. The first-order valence-corrected chi connectivity index (χ1v) is 8.42. The predicted molar refractivity (Wildman–Crippen MR) is 93.8 cm³/mol. The zero-order valence-corrected chi connectivity index (χ0v) is 15.2. The van der Waals surface area contributed by atoms with Gasteiger partial charge in [0.25, 0.3) is 5.91 Å². The summed E-state index contributed by atoms with van der Waals surface area (Å²) in [6.07, 6.45) is 0. The van der Waals surface area contributed by atoms with Gasteiger partial charge in [0.15, 0.2) is 0 Å². The first kappa shape index (κ1) is 17.0. The van der Waals surface area contributed by atoms with Crippen LogP contribution >= 0.6 is 38.9 Å². The molecule has 0 unspecified atom stereocenters. The Labute approximate surface area is 146 Å². The number of aryl methyl sites for hydroxylation is 1. The van der Waals surface area contributed by atoms with Crippen LogP contribution in [0.3, 0.4) is 0 Å². The van der Waals surface area contributed by atoms with Crippen molar-refractivity contribution in [3.8, 4) is 0 Å². The summed E-state index contributed by atoms with van der Waals surface area (Å²) in [5.74, 6) is -0.469. The summed E-state index contributed by atoms with van der Waals surface area (Å²) >= 11 is 10.4. The van der Waals surface area contributed by atoms with E-state index in [0.29, 0.717) is 9.21 Å². The molecule has 0 saturated carbocycles. The molecule has 1 N–H and O–H groups in total. The third kappa shape index (κ3) is 4.32. The van der Waals surface area contributed by atoms with Gasteiger partial charge in [-0.25, -0.2) is 0 Å². The van der Waals surface area contributed by atoms with Crippen molar-refractivity contribution in [2.75, 3.05) is 18.9 Å². The van der Waals surface area contributed by atoms with E-state index in [-0.39, 0.29) is 18.4 Å². The maximum atomic E-state index is 12.1. The normalized spacial score (nSPS) is 10.4. The zero-order chi connectivity index (χ0) is 16.3. The molecule has 2 aromatic rings. The van der Waals surface area contributed by atoms with Crippen LogP contribution in [0.4, 0.5) is 5.69 Å². The van der Waals surface area contributed by atoms with Crippen LogP contribution in [0.25, 0.3) is 0 Å². The fraction of sp³-hybridized carbons (Fsp3) is 0.200. The van der Waals surface area contributed by atoms with Crippen molar-refractivity contribution in [1.82, 2.24) is 4.90 Å². The number of likely N-dealkylation sites (N-methyl/N-ethyl adjacent to an activating group) is 1. The Morgan fingerprint density at radius 2 is 2.05 bits per heavy atom. The summed E-state index contributed by atoms with van der Waals surface area (Å²) in [5.41, 5.74) is 1.68. The average Bonchev–Trinajstić information content (AvgIpc) is 2.87. The Balaban J connectivity index is 1.98. The van der Waals surface area contributed by atoms with Crippen LogP contribution in [0.1, 0.15) is 15.2 Å². The molecule has 0 aliphatic carbocycles. The molecule has 116 valence electrons. The van der Waals surface area contributed by atoms with Crippen molar-refractivity contribution >= 4 is 56.4 Å². The lowest BCUT2D eigenvalue weighted by Gasteiger charge is -2.16. The molecule has 1 aromatic carbocycles. The van der Waals surface area contributed by atoms with E-state index in [2.05, 4.69) is 21.2 Å². The highest BCUT2D eigenvalue weighted by Gasteiger charge is 2.17. The second kappa shape index (κ2) is 7.26. The Morgan fingerprint density at radius 1 is 1.32 bits per heavy atom. The quantitative estimate of drug-likeness (QED) is 0.835. The largest absolute Gasteiger partial charge is 0.332 e. The lowest BCUT2D eigenvalue weighted by atomic mass is 10.2.